The summed E-state index contributed by atoms with van der Waals surface area (Å²) in [6.07, 6.45) is 4.69. The van der Waals surface area contributed by atoms with Crippen molar-refractivity contribution in [2.75, 3.05) is 13.2 Å². The molecule has 0 spiro atoms. The summed E-state index contributed by atoms with van der Waals surface area (Å²) in [5.41, 5.74) is 1.15. The minimum atomic E-state index is 0.768. The number of halogens is 1. The van der Waals surface area contributed by atoms with Gasteiger partial charge in [-0.05, 0) is 56.0 Å². The Bertz CT molecular complexity index is 363. The predicted molar refractivity (Wildman–Crippen MR) is 72.0 cm³/mol. The van der Waals surface area contributed by atoms with Gasteiger partial charge in [-0.2, -0.15) is 0 Å². The van der Waals surface area contributed by atoms with Crippen molar-refractivity contribution in [3.63, 3.8) is 0 Å². The highest BCUT2D eigenvalue weighted by atomic mass is 35.5. The van der Waals surface area contributed by atoms with Crippen LogP contribution < -0.4 is 10.1 Å². The molecule has 0 bridgehead atoms. The standard InChI is InChI=1S/C14H20ClNO/c1-2-11-10-13(6-7-14(11)15)17-9-3-8-16-12-4-5-12/h6-7,10,12,16H,2-5,8-9H2,1H3. The number of nitrogens with one attached hydrogen (secondary N) is 1. The molecule has 3 heteroatoms. The lowest BCUT2D eigenvalue weighted by Crippen LogP contribution is -2.19. The van der Waals surface area contributed by atoms with Gasteiger partial charge in [-0.15, -0.1) is 0 Å². The van der Waals surface area contributed by atoms with Crippen LogP contribution in [0.5, 0.6) is 5.75 Å². The van der Waals surface area contributed by atoms with Gasteiger partial charge in [-0.1, -0.05) is 18.5 Å². The van der Waals surface area contributed by atoms with Gasteiger partial charge < -0.3 is 10.1 Å². The van der Waals surface area contributed by atoms with Gasteiger partial charge in [-0.25, -0.2) is 0 Å². The van der Waals surface area contributed by atoms with Crippen molar-refractivity contribution in [3.8, 4) is 5.75 Å². The smallest absolute Gasteiger partial charge is 0.119 e. The van der Waals surface area contributed by atoms with E-state index in [2.05, 4.69) is 12.2 Å². The summed E-state index contributed by atoms with van der Waals surface area (Å²) in [7, 11) is 0. The molecule has 17 heavy (non-hydrogen) atoms. The van der Waals surface area contributed by atoms with Crippen molar-refractivity contribution in [1.82, 2.24) is 5.32 Å². The van der Waals surface area contributed by atoms with E-state index >= 15 is 0 Å². The van der Waals surface area contributed by atoms with Crippen LogP contribution in [0.2, 0.25) is 5.02 Å². The number of rotatable bonds is 7. The van der Waals surface area contributed by atoms with Crippen molar-refractivity contribution < 1.29 is 4.74 Å². The molecule has 2 nitrogen and oxygen atoms in total. The second-order valence-electron chi connectivity index (χ2n) is 4.54. The minimum absolute atomic E-state index is 0.768. The summed E-state index contributed by atoms with van der Waals surface area (Å²) in [6.45, 7) is 3.92. The molecule has 0 radical (unpaired) electrons. The summed E-state index contributed by atoms with van der Waals surface area (Å²) in [4.78, 5) is 0. The number of ether oxygens (including phenoxy) is 1. The van der Waals surface area contributed by atoms with Crippen LogP contribution in [0.4, 0.5) is 0 Å². The molecule has 1 N–H and O–H groups in total. The largest absolute Gasteiger partial charge is 0.494 e. The molecule has 0 aliphatic heterocycles. The van der Waals surface area contributed by atoms with Gasteiger partial charge >= 0.3 is 0 Å². The summed E-state index contributed by atoms with van der Waals surface area (Å²) in [6, 6.07) is 6.68. The zero-order valence-corrected chi connectivity index (χ0v) is 11.1. The van der Waals surface area contributed by atoms with E-state index in [4.69, 9.17) is 16.3 Å². The summed E-state index contributed by atoms with van der Waals surface area (Å²) < 4.78 is 5.71. The molecule has 0 unspecified atom stereocenters. The quantitative estimate of drug-likeness (QED) is 0.752. The molecule has 0 amide bonds. The summed E-state index contributed by atoms with van der Waals surface area (Å²) in [5.74, 6) is 0.928. The molecule has 1 fully saturated rings. The fourth-order valence-electron chi connectivity index (χ4n) is 1.77. The predicted octanol–water partition coefficient (Wildman–Crippen LogP) is 3.42. The van der Waals surface area contributed by atoms with Crippen LogP contribution in [0.1, 0.15) is 31.7 Å². The van der Waals surface area contributed by atoms with Crippen molar-refractivity contribution in [2.45, 2.75) is 38.6 Å². The molecular weight excluding hydrogens is 234 g/mol. The summed E-state index contributed by atoms with van der Waals surface area (Å²) >= 11 is 6.06. The summed E-state index contributed by atoms with van der Waals surface area (Å²) in [5, 5.41) is 4.30. The minimum Gasteiger partial charge on any atom is -0.494 e. The SMILES string of the molecule is CCc1cc(OCCCNC2CC2)ccc1Cl. The van der Waals surface area contributed by atoms with Crippen molar-refractivity contribution in [3.05, 3.63) is 28.8 Å². The first kappa shape index (κ1) is 12.7. The maximum absolute atomic E-state index is 6.06. The average molecular weight is 254 g/mol. The third-order valence-electron chi connectivity index (χ3n) is 3.00. The van der Waals surface area contributed by atoms with Crippen molar-refractivity contribution in [2.24, 2.45) is 0 Å². The number of benzene rings is 1. The molecule has 94 valence electrons. The van der Waals surface area contributed by atoms with Crippen molar-refractivity contribution in [1.29, 1.82) is 0 Å². The van der Waals surface area contributed by atoms with Gasteiger partial charge in [0, 0.05) is 11.1 Å². The van der Waals surface area contributed by atoms with Gasteiger partial charge in [0.1, 0.15) is 5.75 Å². The van der Waals surface area contributed by atoms with Gasteiger partial charge in [-0.3, -0.25) is 0 Å². The Hall–Kier alpha value is -0.730. The molecular formula is C14H20ClNO. The first-order chi connectivity index (χ1) is 8.29. The Morgan fingerprint density at radius 2 is 2.24 bits per heavy atom. The molecule has 1 aromatic carbocycles. The van der Waals surface area contributed by atoms with E-state index in [1.54, 1.807) is 0 Å². The van der Waals surface area contributed by atoms with Crippen LogP contribution >= 0.6 is 11.6 Å². The van der Waals surface area contributed by atoms with Crippen LogP contribution in [0, 0.1) is 0 Å². The zero-order valence-electron chi connectivity index (χ0n) is 10.3. The number of hydrogen-bond donors (Lipinski definition) is 1. The van der Waals surface area contributed by atoms with Gasteiger partial charge in [0.15, 0.2) is 0 Å². The van der Waals surface area contributed by atoms with E-state index in [9.17, 15) is 0 Å². The monoisotopic (exact) mass is 253 g/mol. The first-order valence-corrected chi connectivity index (χ1v) is 6.82. The molecule has 1 saturated carbocycles. The molecule has 2 rings (SSSR count). The molecule has 0 saturated heterocycles. The van der Waals surface area contributed by atoms with Crippen LogP contribution in [0.3, 0.4) is 0 Å². The van der Waals surface area contributed by atoms with Gasteiger partial charge in [0.25, 0.3) is 0 Å². The molecule has 1 aliphatic rings. The normalized spacial score (nSPS) is 14.9. The lowest BCUT2D eigenvalue weighted by Gasteiger charge is -2.09. The maximum atomic E-state index is 6.06. The Morgan fingerprint density at radius 3 is 2.94 bits per heavy atom. The van der Waals surface area contributed by atoms with E-state index in [-0.39, 0.29) is 0 Å². The van der Waals surface area contributed by atoms with E-state index < -0.39 is 0 Å². The first-order valence-electron chi connectivity index (χ1n) is 6.44. The molecule has 0 heterocycles. The fourth-order valence-corrected chi connectivity index (χ4v) is 2.02. The van der Waals surface area contributed by atoms with Crippen molar-refractivity contribution >= 4 is 11.6 Å². The van der Waals surface area contributed by atoms with Crippen LogP contribution in [-0.4, -0.2) is 19.2 Å². The third-order valence-corrected chi connectivity index (χ3v) is 3.37. The Morgan fingerprint density at radius 1 is 1.41 bits per heavy atom. The highest BCUT2D eigenvalue weighted by molar-refractivity contribution is 6.31. The van der Waals surface area contributed by atoms with Gasteiger partial charge in [0.2, 0.25) is 0 Å². The van der Waals surface area contributed by atoms with E-state index in [0.717, 1.165) is 48.4 Å². The topological polar surface area (TPSA) is 21.3 Å². The molecule has 1 aromatic rings. The van der Waals surface area contributed by atoms with Crippen LogP contribution in [0.25, 0.3) is 0 Å². The molecule has 1 aliphatic carbocycles. The maximum Gasteiger partial charge on any atom is 0.119 e. The van der Waals surface area contributed by atoms with Crippen LogP contribution in [0.15, 0.2) is 18.2 Å². The Labute approximate surface area is 108 Å². The number of hydrogen-bond acceptors (Lipinski definition) is 2. The lowest BCUT2D eigenvalue weighted by molar-refractivity contribution is 0.307. The lowest BCUT2D eigenvalue weighted by atomic mass is 10.1. The van der Waals surface area contributed by atoms with Gasteiger partial charge in [0.05, 0.1) is 6.61 Å². The third kappa shape index (κ3) is 4.21. The highest BCUT2D eigenvalue weighted by Gasteiger charge is 2.19. The zero-order chi connectivity index (χ0) is 12.1. The van der Waals surface area contributed by atoms with Crippen LogP contribution in [-0.2, 0) is 6.42 Å². The second kappa shape index (κ2) is 6.27. The van der Waals surface area contributed by atoms with E-state index in [1.807, 2.05) is 18.2 Å². The Kier molecular flexibility index (Phi) is 4.69. The highest BCUT2D eigenvalue weighted by Crippen LogP contribution is 2.22. The molecule has 0 aromatic heterocycles. The van der Waals surface area contributed by atoms with E-state index in [0.29, 0.717) is 0 Å². The second-order valence-corrected chi connectivity index (χ2v) is 4.94. The fraction of sp³-hybridized carbons (Fsp3) is 0.571. The molecule has 0 atom stereocenters. The Balaban J connectivity index is 1.70. The van der Waals surface area contributed by atoms with E-state index in [1.165, 1.54) is 12.8 Å². The number of aryl methyl sites for hydroxylation is 1. The average Bonchev–Trinajstić information content (AvgIpc) is 3.15.